The molecule has 0 saturated carbocycles. The fourth-order valence-electron chi connectivity index (χ4n) is 5.23. The second-order valence-corrected chi connectivity index (χ2v) is 11.2. The molecule has 1 saturated heterocycles. The van der Waals surface area contributed by atoms with Crippen molar-refractivity contribution < 1.29 is 13.2 Å². The van der Waals surface area contributed by atoms with Crippen LogP contribution in [0.1, 0.15) is 18.4 Å². The van der Waals surface area contributed by atoms with Crippen molar-refractivity contribution in [3.63, 3.8) is 0 Å². The van der Waals surface area contributed by atoms with Crippen molar-refractivity contribution in [2.75, 3.05) is 42.1 Å². The van der Waals surface area contributed by atoms with Crippen LogP contribution in [0.3, 0.4) is 0 Å². The molecular formula is C27H29N3O3S. The van der Waals surface area contributed by atoms with Gasteiger partial charge >= 0.3 is 0 Å². The summed E-state index contributed by atoms with van der Waals surface area (Å²) in [7, 11) is -3.32. The zero-order valence-electron chi connectivity index (χ0n) is 19.3. The zero-order chi connectivity index (χ0) is 23.8. The first-order valence-electron chi connectivity index (χ1n) is 11.6. The summed E-state index contributed by atoms with van der Waals surface area (Å²) >= 11 is 0. The van der Waals surface area contributed by atoms with Gasteiger partial charge in [0.1, 0.15) is 0 Å². The number of fused-ring (bicyclic) bond motifs is 2. The van der Waals surface area contributed by atoms with Crippen molar-refractivity contribution in [2.45, 2.75) is 18.3 Å². The maximum Gasteiger partial charge on any atom is 0.238 e. The van der Waals surface area contributed by atoms with Gasteiger partial charge in [0.2, 0.25) is 15.9 Å². The number of hydrogen-bond donors (Lipinski definition) is 1. The molecule has 2 heterocycles. The molecule has 1 amide bonds. The third-order valence-electron chi connectivity index (χ3n) is 7.05. The molecule has 5 rings (SSSR count). The molecule has 2 aliphatic heterocycles. The van der Waals surface area contributed by atoms with E-state index >= 15 is 0 Å². The van der Waals surface area contributed by atoms with Gasteiger partial charge in [0.15, 0.2) is 0 Å². The SMILES string of the molecule is CS(=O)(=O)N1CC2(CCN(CC(=O)Nc3ccc(-c4ccccc4)cc3)CC2)c2ccccc21. The monoisotopic (exact) mass is 475 g/mol. The first-order valence-corrected chi connectivity index (χ1v) is 13.4. The molecule has 2 aliphatic rings. The van der Waals surface area contributed by atoms with Crippen molar-refractivity contribution in [1.29, 1.82) is 0 Å². The third kappa shape index (κ3) is 4.45. The van der Waals surface area contributed by atoms with Gasteiger partial charge in [-0.2, -0.15) is 0 Å². The smallest absolute Gasteiger partial charge is 0.238 e. The van der Waals surface area contributed by atoms with Gasteiger partial charge < -0.3 is 5.32 Å². The number of carbonyl (C=O) groups excluding carboxylic acids is 1. The van der Waals surface area contributed by atoms with Crippen LogP contribution >= 0.6 is 0 Å². The van der Waals surface area contributed by atoms with Gasteiger partial charge in [0, 0.05) is 17.6 Å². The summed E-state index contributed by atoms with van der Waals surface area (Å²) in [6.45, 7) is 2.32. The number of anilines is 2. The van der Waals surface area contributed by atoms with Crippen LogP contribution in [0.15, 0.2) is 78.9 Å². The van der Waals surface area contributed by atoms with Gasteiger partial charge in [-0.15, -0.1) is 0 Å². The van der Waals surface area contributed by atoms with Gasteiger partial charge in [-0.25, -0.2) is 8.42 Å². The van der Waals surface area contributed by atoms with Crippen LogP contribution < -0.4 is 9.62 Å². The standard InChI is InChI=1S/C27H29N3O3S/c1-34(32,33)30-20-27(24-9-5-6-10-25(24)30)15-17-29(18-16-27)19-26(31)28-23-13-11-22(12-14-23)21-7-3-2-4-8-21/h2-14H,15-20H2,1H3,(H,28,31). The molecule has 0 aromatic heterocycles. The minimum atomic E-state index is -3.32. The number of sulfonamides is 1. The summed E-state index contributed by atoms with van der Waals surface area (Å²) in [5, 5.41) is 3.00. The normalized spacial score (nSPS) is 17.5. The summed E-state index contributed by atoms with van der Waals surface area (Å²) in [6, 6.07) is 25.9. The number of likely N-dealkylation sites (tertiary alicyclic amines) is 1. The molecule has 0 bridgehead atoms. The molecule has 0 radical (unpaired) electrons. The van der Waals surface area contributed by atoms with E-state index in [4.69, 9.17) is 0 Å². The maximum atomic E-state index is 12.7. The Bertz CT molecular complexity index is 1280. The highest BCUT2D eigenvalue weighted by Gasteiger charge is 2.46. The van der Waals surface area contributed by atoms with E-state index in [1.165, 1.54) is 6.26 Å². The van der Waals surface area contributed by atoms with Gasteiger partial charge in [-0.1, -0.05) is 60.7 Å². The molecule has 7 heteroatoms. The molecule has 1 N–H and O–H groups in total. The number of hydrogen-bond acceptors (Lipinski definition) is 4. The largest absolute Gasteiger partial charge is 0.325 e. The Kier molecular flexibility index (Phi) is 5.91. The van der Waals surface area contributed by atoms with E-state index < -0.39 is 10.0 Å². The Balaban J connectivity index is 1.20. The second kappa shape index (κ2) is 8.89. The lowest BCUT2D eigenvalue weighted by molar-refractivity contribution is -0.117. The van der Waals surface area contributed by atoms with Gasteiger partial charge in [0.25, 0.3) is 0 Å². The van der Waals surface area contributed by atoms with Crippen LogP contribution in [0.5, 0.6) is 0 Å². The maximum absolute atomic E-state index is 12.7. The number of benzene rings is 3. The summed E-state index contributed by atoms with van der Waals surface area (Å²) in [4.78, 5) is 14.8. The molecule has 3 aromatic carbocycles. The van der Waals surface area contributed by atoms with Crippen LogP contribution in [0, 0.1) is 0 Å². The van der Waals surface area contributed by atoms with Crippen molar-refractivity contribution in [1.82, 2.24) is 4.90 Å². The first kappa shape index (κ1) is 22.6. The average Bonchev–Trinajstić information content (AvgIpc) is 3.16. The van der Waals surface area contributed by atoms with Crippen molar-refractivity contribution in [2.24, 2.45) is 0 Å². The van der Waals surface area contributed by atoms with E-state index in [1.807, 2.05) is 60.7 Å². The van der Waals surface area contributed by atoms with Crippen LogP contribution in [0.25, 0.3) is 11.1 Å². The Morgan fingerprint density at radius 2 is 1.50 bits per heavy atom. The minimum Gasteiger partial charge on any atom is -0.325 e. The van der Waals surface area contributed by atoms with E-state index in [2.05, 4.69) is 28.4 Å². The molecule has 6 nitrogen and oxygen atoms in total. The molecule has 1 spiro atoms. The molecule has 0 aliphatic carbocycles. The van der Waals surface area contributed by atoms with Crippen molar-refractivity contribution >= 4 is 27.3 Å². The second-order valence-electron chi connectivity index (χ2n) is 9.33. The van der Waals surface area contributed by atoms with Gasteiger partial charge in [-0.05, 0) is 60.8 Å². The quantitative estimate of drug-likeness (QED) is 0.603. The predicted molar refractivity (Wildman–Crippen MR) is 136 cm³/mol. The summed E-state index contributed by atoms with van der Waals surface area (Å²) in [5.74, 6) is -0.0343. The number of piperidine rings is 1. The highest BCUT2D eigenvalue weighted by atomic mass is 32.2. The molecular weight excluding hydrogens is 446 g/mol. The third-order valence-corrected chi connectivity index (χ3v) is 8.17. The topological polar surface area (TPSA) is 69.7 Å². The van der Waals surface area contributed by atoms with Crippen LogP contribution in [0.2, 0.25) is 0 Å². The summed E-state index contributed by atoms with van der Waals surface area (Å²) in [5.41, 5.74) is 4.77. The van der Waals surface area contributed by atoms with Crippen LogP contribution in [-0.2, 0) is 20.2 Å². The fraction of sp³-hybridized carbons (Fsp3) is 0.296. The highest BCUT2D eigenvalue weighted by Crippen LogP contribution is 2.47. The molecule has 34 heavy (non-hydrogen) atoms. The Hall–Kier alpha value is -3.16. The van der Waals surface area contributed by atoms with E-state index in [1.54, 1.807) is 4.31 Å². The van der Waals surface area contributed by atoms with E-state index in [9.17, 15) is 13.2 Å². The van der Waals surface area contributed by atoms with Gasteiger partial charge in [-0.3, -0.25) is 14.0 Å². The number of rotatable bonds is 5. The van der Waals surface area contributed by atoms with E-state index in [0.29, 0.717) is 13.1 Å². The van der Waals surface area contributed by atoms with Crippen LogP contribution in [0.4, 0.5) is 11.4 Å². The van der Waals surface area contributed by atoms with Crippen molar-refractivity contribution in [3.8, 4) is 11.1 Å². The number of nitrogens with one attached hydrogen (secondary N) is 1. The Labute approximate surface area is 201 Å². The van der Waals surface area contributed by atoms with Crippen molar-refractivity contribution in [3.05, 3.63) is 84.4 Å². The number of nitrogens with zero attached hydrogens (tertiary/aromatic N) is 2. The Morgan fingerprint density at radius 3 is 2.18 bits per heavy atom. The predicted octanol–water partition coefficient (Wildman–Crippen LogP) is 4.11. The number of carbonyl (C=O) groups is 1. The van der Waals surface area contributed by atoms with E-state index in [-0.39, 0.29) is 11.3 Å². The van der Waals surface area contributed by atoms with E-state index in [0.717, 1.165) is 54.0 Å². The zero-order valence-corrected chi connectivity index (χ0v) is 20.1. The molecule has 1 fully saturated rings. The molecule has 3 aromatic rings. The number of amides is 1. The highest BCUT2D eigenvalue weighted by molar-refractivity contribution is 7.92. The molecule has 176 valence electrons. The number of para-hydroxylation sites is 1. The first-order chi connectivity index (χ1) is 16.3. The summed E-state index contributed by atoms with van der Waals surface area (Å²) < 4.78 is 26.3. The van der Waals surface area contributed by atoms with Crippen LogP contribution in [-0.4, -0.2) is 51.7 Å². The molecule has 0 unspecified atom stereocenters. The minimum absolute atomic E-state index is 0.0343. The summed E-state index contributed by atoms with van der Waals surface area (Å²) in [6.07, 6.45) is 2.93. The van der Waals surface area contributed by atoms with Gasteiger partial charge in [0.05, 0.1) is 18.5 Å². The average molecular weight is 476 g/mol. The lowest BCUT2D eigenvalue weighted by atomic mass is 9.74. The Morgan fingerprint density at radius 1 is 0.882 bits per heavy atom. The lowest BCUT2D eigenvalue weighted by Gasteiger charge is -2.39. The lowest BCUT2D eigenvalue weighted by Crippen LogP contribution is -2.47. The fourth-order valence-corrected chi connectivity index (χ4v) is 6.23. The molecule has 0 atom stereocenters.